The van der Waals surface area contributed by atoms with Crippen LogP contribution >= 0.6 is 15.9 Å². The van der Waals surface area contributed by atoms with E-state index in [4.69, 9.17) is 0 Å². The molecular weight excluding hydrogens is 550 g/mol. The Bertz CT molecular complexity index is 371. The van der Waals surface area contributed by atoms with Crippen molar-refractivity contribution in [1.29, 1.82) is 0 Å². The first-order valence-electron chi connectivity index (χ1n) is 17.3. The molecule has 0 amide bonds. The number of alkyl halides is 1. The van der Waals surface area contributed by atoms with Crippen molar-refractivity contribution < 1.29 is 16.9 Å². The van der Waals surface area contributed by atoms with Crippen LogP contribution < -0.4 is 12.4 Å². The van der Waals surface area contributed by atoms with Crippen LogP contribution in [-0.2, 0) is 0 Å². The number of hydrogen-bond acceptors (Lipinski definition) is 0. The molecule has 0 aliphatic carbocycles. The first-order valence-corrected chi connectivity index (χ1v) is 18.5. The van der Waals surface area contributed by atoms with E-state index in [1.807, 2.05) is 0 Å². The second kappa shape index (κ2) is 37.7. The minimum absolute atomic E-state index is 0. The van der Waals surface area contributed by atoms with Crippen LogP contribution in [0.15, 0.2) is 0 Å². The topological polar surface area (TPSA) is 0 Å². The lowest BCUT2D eigenvalue weighted by molar-refractivity contribution is -0.870. The van der Waals surface area contributed by atoms with Crippen LogP contribution in [0, 0.1) is 0 Å². The van der Waals surface area contributed by atoms with Gasteiger partial charge in [0.2, 0.25) is 0 Å². The maximum Gasteiger partial charge on any atom is 0.0780 e. The summed E-state index contributed by atoms with van der Waals surface area (Å²) in [4.78, 5) is 0. The third-order valence-corrected chi connectivity index (χ3v) is 8.23. The van der Waals surface area contributed by atoms with Crippen LogP contribution in [0.4, 0.5) is 0 Å². The molecule has 0 saturated carbocycles. The smallest absolute Gasteiger partial charge is 0.0780 e. The fourth-order valence-corrected chi connectivity index (χ4v) is 5.47. The zero-order chi connectivity index (χ0) is 27.7. The summed E-state index contributed by atoms with van der Waals surface area (Å²) in [5.74, 6) is 0. The van der Waals surface area contributed by atoms with Crippen LogP contribution in [0.1, 0.15) is 194 Å². The summed E-state index contributed by atoms with van der Waals surface area (Å²) in [6, 6.07) is 0. The summed E-state index contributed by atoms with van der Waals surface area (Å²) in [6.07, 6.45) is 40.7. The molecule has 1 nitrogen and oxygen atoms in total. The summed E-state index contributed by atoms with van der Waals surface area (Å²) in [6.45, 7) is 5.91. The fourth-order valence-electron chi connectivity index (χ4n) is 5.07. The van der Waals surface area contributed by atoms with Gasteiger partial charge in [0, 0.05) is 5.33 Å². The summed E-state index contributed by atoms with van der Waals surface area (Å²) < 4.78 is 1.12. The molecule has 0 radical (unpaired) electrons. The van der Waals surface area contributed by atoms with Gasteiger partial charge in [-0.3, -0.25) is 0 Å². The first kappa shape index (κ1) is 43.2. The molecule has 3 heteroatoms. The standard InChI is InChI=1S/C21H46N.C14H29Br.ClH/c1-5-6-7-8-9-10-11-12-13-14-15-16-17-18-19-20-21-22(2,3)4;1-2-3-4-5-6-7-8-9-10-11-12-13-14-15;/h5-21H2,1-4H3;2-14H2,1H3;1H/q+1;;/p-1. The average molecular weight is 625 g/mol. The number of unbranched alkanes of at least 4 members (excludes halogenated alkanes) is 26. The molecule has 0 heterocycles. The van der Waals surface area contributed by atoms with E-state index in [2.05, 4.69) is 50.9 Å². The Balaban J connectivity index is -0.000000672. The predicted octanol–water partition coefficient (Wildman–Crippen LogP) is 10.0. The Labute approximate surface area is 258 Å². The van der Waals surface area contributed by atoms with Crippen molar-refractivity contribution >= 4 is 15.9 Å². The molecule has 0 rings (SSSR count). The van der Waals surface area contributed by atoms with Crippen molar-refractivity contribution in [2.24, 2.45) is 0 Å². The van der Waals surface area contributed by atoms with E-state index in [0.717, 1.165) is 4.48 Å². The highest BCUT2D eigenvalue weighted by molar-refractivity contribution is 9.09. The van der Waals surface area contributed by atoms with Gasteiger partial charge in [0.1, 0.15) is 0 Å². The summed E-state index contributed by atoms with van der Waals surface area (Å²) in [5, 5.41) is 1.18. The Kier molecular flexibility index (Phi) is 42.9. The Morgan fingerprint density at radius 1 is 0.342 bits per heavy atom. The van der Waals surface area contributed by atoms with Crippen molar-refractivity contribution in [3.05, 3.63) is 0 Å². The molecule has 38 heavy (non-hydrogen) atoms. The van der Waals surface area contributed by atoms with E-state index in [1.165, 1.54) is 192 Å². The highest BCUT2D eigenvalue weighted by Crippen LogP contribution is 2.14. The lowest BCUT2D eigenvalue weighted by atomic mass is 10.0. The maximum absolute atomic E-state index is 3.47. The van der Waals surface area contributed by atoms with Gasteiger partial charge in [0.05, 0.1) is 27.7 Å². The Morgan fingerprint density at radius 3 is 0.763 bits per heavy atom. The monoisotopic (exact) mass is 623 g/mol. The molecule has 234 valence electrons. The molecule has 0 aromatic rings. The van der Waals surface area contributed by atoms with Crippen molar-refractivity contribution in [2.45, 2.75) is 194 Å². The molecule has 0 bridgehead atoms. The third kappa shape index (κ3) is 46.6. The van der Waals surface area contributed by atoms with Gasteiger partial charge in [-0.05, 0) is 19.3 Å². The quantitative estimate of drug-likeness (QED) is 0.0441. The second-order valence-electron chi connectivity index (χ2n) is 12.9. The van der Waals surface area contributed by atoms with Gasteiger partial charge < -0.3 is 16.9 Å². The van der Waals surface area contributed by atoms with Gasteiger partial charge in [-0.25, -0.2) is 0 Å². The van der Waals surface area contributed by atoms with Crippen LogP contribution in [0.5, 0.6) is 0 Å². The molecule has 0 aromatic heterocycles. The number of hydrogen-bond donors (Lipinski definition) is 0. The predicted molar refractivity (Wildman–Crippen MR) is 177 cm³/mol. The van der Waals surface area contributed by atoms with E-state index in [1.54, 1.807) is 0 Å². The van der Waals surface area contributed by atoms with E-state index in [9.17, 15) is 0 Å². The van der Waals surface area contributed by atoms with E-state index < -0.39 is 0 Å². The van der Waals surface area contributed by atoms with Gasteiger partial charge in [0.25, 0.3) is 0 Å². The molecule has 0 atom stereocenters. The SMILES string of the molecule is CCCCCCCCCCCCCCBr.CCCCCCCCCCCCCCCCCC[N+](C)(C)C.[Cl-]. The average Bonchev–Trinajstić information content (AvgIpc) is 2.87. The van der Waals surface area contributed by atoms with Crippen molar-refractivity contribution in [2.75, 3.05) is 33.0 Å². The third-order valence-electron chi connectivity index (χ3n) is 7.67. The van der Waals surface area contributed by atoms with E-state index in [-0.39, 0.29) is 12.4 Å². The van der Waals surface area contributed by atoms with Crippen LogP contribution in [0.25, 0.3) is 0 Å². The molecular formula is C35H75BrClN. The highest BCUT2D eigenvalue weighted by Gasteiger charge is 2.05. The van der Waals surface area contributed by atoms with Gasteiger partial charge >= 0.3 is 0 Å². The Morgan fingerprint density at radius 2 is 0.553 bits per heavy atom. The summed E-state index contributed by atoms with van der Waals surface area (Å²) in [7, 11) is 6.89. The van der Waals surface area contributed by atoms with E-state index in [0.29, 0.717) is 0 Å². The number of halogens is 2. The largest absolute Gasteiger partial charge is 1.00 e. The highest BCUT2D eigenvalue weighted by atomic mass is 79.9. The lowest BCUT2D eigenvalue weighted by Gasteiger charge is -2.23. The van der Waals surface area contributed by atoms with Gasteiger partial charge in [-0.1, -0.05) is 190 Å². The molecule has 0 aliphatic heterocycles. The van der Waals surface area contributed by atoms with Crippen molar-refractivity contribution in [3.63, 3.8) is 0 Å². The molecule has 0 unspecified atom stereocenters. The van der Waals surface area contributed by atoms with Crippen LogP contribution in [-0.4, -0.2) is 37.5 Å². The first-order chi connectivity index (χ1) is 18.0. The zero-order valence-electron chi connectivity index (χ0n) is 27.4. The molecule has 0 aromatic carbocycles. The van der Waals surface area contributed by atoms with Crippen molar-refractivity contribution in [3.8, 4) is 0 Å². The van der Waals surface area contributed by atoms with Crippen molar-refractivity contribution in [1.82, 2.24) is 0 Å². The minimum atomic E-state index is 0. The summed E-state index contributed by atoms with van der Waals surface area (Å²) in [5.41, 5.74) is 0. The van der Waals surface area contributed by atoms with Gasteiger partial charge in [0.15, 0.2) is 0 Å². The van der Waals surface area contributed by atoms with Crippen LogP contribution in [0.3, 0.4) is 0 Å². The number of quaternary nitrogens is 1. The van der Waals surface area contributed by atoms with Gasteiger partial charge in [-0.15, -0.1) is 0 Å². The molecule has 0 saturated heterocycles. The fraction of sp³-hybridized carbons (Fsp3) is 1.00. The Hall–Kier alpha value is 0.730. The zero-order valence-corrected chi connectivity index (χ0v) is 29.8. The second-order valence-corrected chi connectivity index (χ2v) is 13.7. The molecule has 0 aliphatic rings. The minimum Gasteiger partial charge on any atom is -1.00 e. The van der Waals surface area contributed by atoms with Gasteiger partial charge in [-0.2, -0.15) is 0 Å². The molecule has 0 spiro atoms. The number of rotatable bonds is 29. The van der Waals surface area contributed by atoms with E-state index >= 15 is 0 Å². The maximum atomic E-state index is 3.47. The van der Waals surface area contributed by atoms with Crippen LogP contribution in [0.2, 0.25) is 0 Å². The molecule has 0 N–H and O–H groups in total. The lowest BCUT2D eigenvalue weighted by Crippen LogP contribution is -3.00. The molecule has 0 fully saturated rings. The summed E-state index contributed by atoms with van der Waals surface area (Å²) >= 11 is 3.47. The normalized spacial score (nSPS) is 11.2. The number of nitrogens with zero attached hydrogens (tertiary/aromatic N) is 1.